The van der Waals surface area contributed by atoms with E-state index in [2.05, 4.69) is 5.32 Å². The molecule has 1 aromatic carbocycles. The minimum atomic E-state index is -0.413. The Morgan fingerprint density at radius 1 is 1.44 bits per heavy atom. The molecule has 1 aromatic rings. The highest BCUT2D eigenvalue weighted by molar-refractivity contribution is 5.31. The van der Waals surface area contributed by atoms with Gasteiger partial charge in [-0.25, -0.2) is 4.39 Å². The van der Waals surface area contributed by atoms with Crippen LogP contribution in [0, 0.1) is 5.82 Å². The average Bonchev–Trinajstić information content (AvgIpc) is 2.25. The monoisotopic (exact) mass is 227 g/mol. The van der Waals surface area contributed by atoms with Crippen LogP contribution >= 0.6 is 0 Å². The van der Waals surface area contributed by atoms with Crippen LogP contribution < -0.4 is 10.1 Å². The summed E-state index contributed by atoms with van der Waals surface area (Å²) in [4.78, 5) is 0. The van der Waals surface area contributed by atoms with E-state index in [4.69, 9.17) is 4.74 Å². The molecule has 1 rings (SSSR count). The fourth-order valence-corrected chi connectivity index (χ4v) is 1.56. The van der Waals surface area contributed by atoms with E-state index in [0.717, 1.165) is 5.56 Å². The number of benzene rings is 1. The summed E-state index contributed by atoms with van der Waals surface area (Å²) in [6.07, 6.45) is 0. The van der Waals surface area contributed by atoms with Gasteiger partial charge in [0.1, 0.15) is 0 Å². The number of ether oxygens (including phenoxy) is 1. The lowest BCUT2D eigenvalue weighted by Gasteiger charge is -2.19. The van der Waals surface area contributed by atoms with Crippen molar-refractivity contribution in [2.24, 2.45) is 0 Å². The van der Waals surface area contributed by atoms with Gasteiger partial charge in [0, 0.05) is 6.04 Å². The zero-order valence-electron chi connectivity index (χ0n) is 9.83. The van der Waals surface area contributed by atoms with E-state index in [-0.39, 0.29) is 24.4 Å². The molecule has 0 heterocycles. The standard InChI is InChI=1S/C12H18FNO2/c1-8(2)14-11(7-15)9-4-5-12(16-3)10(13)6-9/h4-6,8,11,14-15H,7H2,1-3H3. The molecule has 0 radical (unpaired) electrons. The molecule has 1 unspecified atom stereocenters. The van der Waals surface area contributed by atoms with Crippen molar-refractivity contribution < 1.29 is 14.2 Å². The van der Waals surface area contributed by atoms with Crippen LogP contribution in [0.5, 0.6) is 5.75 Å². The van der Waals surface area contributed by atoms with E-state index in [1.165, 1.54) is 13.2 Å². The Labute approximate surface area is 95.2 Å². The number of hydrogen-bond donors (Lipinski definition) is 2. The lowest BCUT2D eigenvalue weighted by Crippen LogP contribution is -2.30. The van der Waals surface area contributed by atoms with Crippen molar-refractivity contribution in [3.8, 4) is 5.75 Å². The largest absolute Gasteiger partial charge is 0.494 e. The maximum atomic E-state index is 13.5. The van der Waals surface area contributed by atoms with Gasteiger partial charge in [-0.3, -0.25) is 0 Å². The first-order chi connectivity index (χ1) is 7.58. The minimum absolute atomic E-state index is 0.0655. The van der Waals surface area contributed by atoms with Gasteiger partial charge in [-0.15, -0.1) is 0 Å². The van der Waals surface area contributed by atoms with Crippen LogP contribution in [0.15, 0.2) is 18.2 Å². The Kier molecular flexibility index (Phi) is 4.71. The van der Waals surface area contributed by atoms with E-state index >= 15 is 0 Å². The first-order valence-electron chi connectivity index (χ1n) is 5.28. The molecule has 2 N–H and O–H groups in total. The molecule has 0 fully saturated rings. The Hall–Kier alpha value is -1.13. The molecule has 1 atom stereocenters. The molecule has 0 aliphatic heterocycles. The highest BCUT2D eigenvalue weighted by Gasteiger charge is 2.13. The van der Waals surface area contributed by atoms with E-state index in [1.807, 2.05) is 13.8 Å². The second-order valence-electron chi connectivity index (χ2n) is 3.95. The molecule has 4 heteroatoms. The molecule has 16 heavy (non-hydrogen) atoms. The molecule has 0 saturated carbocycles. The smallest absolute Gasteiger partial charge is 0.165 e. The highest BCUT2D eigenvalue weighted by Crippen LogP contribution is 2.21. The number of aliphatic hydroxyl groups excluding tert-OH is 1. The van der Waals surface area contributed by atoms with Crippen molar-refractivity contribution in [2.75, 3.05) is 13.7 Å². The molecule has 0 aliphatic carbocycles. The molecule has 0 spiro atoms. The summed E-state index contributed by atoms with van der Waals surface area (Å²) in [6, 6.07) is 4.67. The summed E-state index contributed by atoms with van der Waals surface area (Å²) in [5.74, 6) is -0.200. The van der Waals surface area contributed by atoms with Crippen LogP contribution in [0.2, 0.25) is 0 Å². The van der Waals surface area contributed by atoms with E-state index < -0.39 is 5.82 Å². The number of methoxy groups -OCH3 is 1. The number of aliphatic hydroxyl groups is 1. The van der Waals surface area contributed by atoms with Crippen LogP contribution in [0.1, 0.15) is 25.5 Å². The van der Waals surface area contributed by atoms with Crippen molar-refractivity contribution in [3.05, 3.63) is 29.6 Å². The molecule has 0 aliphatic rings. The molecule has 3 nitrogen and oxygen atoms in total. The Bertz CT molecular complexity index is 342. The second-order valence-corrected chi connectivity index (χ2v) is 3.95. The van der Waals surface area contributed by atoms with Crippen LogP contribution in [-0.2, 0) is 0 Å². The fourth-order valence-electron chi connectivity index (χ4n) is 1.56. The first kappa shape index (κ1) is 12.9. The highest BCUT2D eigenvalue weighted by atomic mass is 19.1. The van der Waals surface area contributed by atoms with Crippen LogP contribution in [0.25, 0.3) is 0 Å². The number of hydrogen-bond acceptors (Lipinski definition) is 3. The van der Waals surface area contributed by atoms with Gasteiger partial charge in [0.25, 0.3) is 0 Å². The van der Waals surface area contributed by atoms with Crippen molar-refractivity contribution in [1.82, 2.24) is 5.32 Å². The molecule has 0 saturated heterocycles. The van der Waals surface area contributed by atoms with Crippen LogP contribution in [-0.4, -0.2) is 24.9 Å². The van der Waals surface area contributed by atoms with Crippen molar-refractivity contribution >= 4 is 0 Å². The third-order valence-corrected chi connectivity index (χ3v) is 2.30. The molecule has 0 aromatic heterocycles. The van der Waals surface area contributed by atoms with Crippen molar-refractivity contribution in [1.29, 1.82) is 0 Å². The average molecular weight is 227 g/mol. The van der Waals surface area contributed by atoms with E-state index in [0.29, 0.717) is 0 Å². The third kappa shape index (κ3) is 3.18. The van der Waals surface area contributed by atoms with Gasteiger partial charge in [-0.2, -0.15) is 0 Å². The second kappa shape index (κ2) is 5.82. The minimum Gasteiger partial charge on any atom is -0.494 e. The SMILES string of the molecule is COc1ccc(C(CO)NC(C)C)cc1F. The zero-order chi connectivity index (χ0) is 12.1. The van der Waals surface area contributed by atoms with Gasteiger partial charge >= 0.3 is 0 Å². The van der Waals surface area contributed by atoms with Gasteiger partial charge in [0.15, 0.2) is 11.6 Å². The molecular formula is C12H18FNO2. The summed E-state index contributed by atoms with van der Waals surface area (Å²) in [7, 11) is 1.42. The quantitative estimate of drug-likeness (QED) is 0.806. The van der Waals surface area contributed by atoms with Crippen LogP contribution in [0.4, 0.5) is 4.39 Å². The number of halogens is 1. The normalized spacial score (nSPS) is 12.9. The van der Waals surface area contributed by atoms with Crippen molar-refractivity contribution in [2.45, 2.75) is 25.9 Å². The number of rotatable bonds is 5. The van der Waals surface area contributed by atoms with E-state index in [1.54, 1.807) is 12.1 Å². The van der Waals surface area contributed by atoms with Gasteiger partial charge in [0.2, 0.25) is 0 Å². The Morgan fingerprint density at radius 3 is 2.56 bits per heavy atom. The van der Waals surface area contributed by atoms with Gasteiger partial charge in [-0.05, 0) is 17.7 Å². The van der Waals surface area contributed by atoms with Gasteiger partial charge < -0.3 is 15.2 Å². The topological polar surface area (TPSA) is 41.5 Å². The van der Waals surface area contributed by atoms with Gasteiger partial charge in [0.05, 0.1) is 19.8 Å². The number of nitrogens with one attached hydrogen (secondary N) is 1. The van der Waals surface area contributed by atoms with Crippen molar-refractivity contribution in [3.63, 3.8) is 0 Å². The van der Waals surface area contributed by atoms with E-state index in [9.17, 15) is 9.50 Å². The maximum absolute atomic E-state index is 13.5. The molecule has 0 bridgehead atoms. The lowest BCUT2D eigenvalue weighted by atomic mass is 10.1. The van der Waals surface area contributed by atoms with Gasteiger partial charge in [-0.1, -0.05) is 19.9 Å². The summed E-state index contributed by atoms with van der Waals surface area (Å²) in [5.41, 5.74) is 0.717. The maximum Gasteiger partial charge on any atom is 0.165 e. The summed E-state index contributed by atoms with van der Waals surface area (Å²) < 4.78 is 18.3. The Morgan fingerprint density at radius 2 is 2.12 bits per heavy atom. The molecule has 0 amide bonds. The zero-order valence-corrected chi connectivity index (χ0v) is 9.83. The summed E-state index contributed by atoms with van der Waals surface area (Å²) >= 11 is 0. The first-order valence-corrected chi connectivity index (χ1v) is 5.28. The molecule has 90 valence electrons. The summed E-state index contributed by atoms with van der Waals surface area (Å²) in [6.45, 7) is 3.88. The Balaban J connectivity index is 2.89. The van der Waals surface area contributed by atoms with Crippen LogP contribution in [0.3, 0.4) is 0 Å². The predicted molar refractivity (Wildman–Crippen MR) is 61.1 cm³/mol. The summed E-state index contributed by atoms with van der Waals surface area (Å²) in [5, 5.41) is 12.4. The third-order valence-electron chi connectivity index (χ3n) is 2.30. The molecular weight excluding hydrogens is 209 g/mol. The lowest BCUT2D eigenvalue weighted by molar-refractivity contribution is 0.237. The fraction of sp³-hybridized carbons (Fsp3) is 0.500. The predicted octanol–water partition coefficient (Wildman–Crippen LogP) is 1.87.